The van der Waals surface area contributed by atoms with E-state index in [1.807, 2.05) is 6.07 Å². The summed E-state index contributed by atoms with van der Waals surface area (Å²) in [6, 6.07) is 13.3. The normalized spacial score (nSPS) is 11.1. The molecule has 0 aliphatic heterocycles. The maximum Gasteiger partial charge on any atom is 0.416 e. The number of nitrogens with zero attached hydrogens (tertiary/aromatic N) is 3. The molecule has 1 amide bonds. The number of rotatable bonds is 4. The molecule has 1 heterocycles. The second-order valence-electron chi connectivity index (χ2n) is 6.52. The fourth-order valence-corrected chi connectivity index (χ4v) is 2.47. The van der Waals surface area contributed by atoms with Crippen molar-refractivity contribution >= 4 is 6.09 Å². The Labute approximate surface area is 170 Å². The molecule has 0 saturated carbocycles. The highest BCUT2D eigenvalue weighted by Gasteiger charge is 2.31. The lowest BCUT2D eigenvalue weighted by Gasteiger charge is -2.16. The van der Waals surface area contributed by atoms with Crippen LogP contribution in [0.2, 0.25) is 0 Å². The summed E-state index contributed by atoms with van der Waals surface area (Å²) in [6.45, 7) is 1.59. The molecule has 0 N–H and O–H groups in total. The molecule has 0 saturated heterocycles. The number of hydrogen-bond donors (Lipinski definition) is 0. The van der Waals surface area contributed by atoms with Gasteiger partial charge in [0.2, 0.25) is 5.75 Å². The second-order valence-corrected chi connectivity index (χ2v) is 6.52. The lowest BCUT2D eigenvalue weighted by molar-refractivity contribution is -0.137. The van der Waals surface area contributed by atoms with Gasteiger partial charge in [-0.1, -0.05) is 36.4 Å². The van der Waals surface area contributed by atoms with Crippen molar-refractivity contribution < 1.29 is 27.4 Å². The molecule has 0 atom stereocenters. The third kappa shape index (κ3) is 4.86. The highest BCUT2D eigenvalue weighted by Crippen LogP contribution is 2.37. The Kier molecular flexibility index (Phi) is 5.91. The third-order valence-electron chi connectivity index (χ3n) is 3.97. The van der Waals surface area contributed by atoms with Gasteiger partial charge in [-0.25, -0.2) is 9.78 Å². The summed E-state index contributed by atoms with van der Waals surface area (Å²) in [5.74, 6) is -0.0566. The van der Waals surface area contributed by atoms with Crippen LogP contribution in [0.15, 0.2) is 54.6 Å². The van der Waals surface area contributed by atoms with Crippen LogP contribution in [0.5, 0.6) is 17.4 Å². The number of alkyl halides is 3. The number of benzene rings is 2. The van der Waals surface area contributed by atoms with Gasteiger partial charge in [0.05, 0.1) is 11.3 Å². The largest absolute Gasteiger partial charge is 0.450 e. The summed E-state index contributed by atoms with van der Waals surface area (Å²) in [7, 11) is 2.98. The van der Waals surface area contributed by atoms with E-state index in [1.54, 1.807) is 31.2 Å². The zero-order chi connectivity index (χ0) is 21.9. The fourth-order valence-electron chi connectivity index (χ4n) is 2.47. The highest BCUT2D eigenvalue weighted by atomic mass is 19.4. The molecule has 30 heavy (non-hydrogen) atoms. The first-order chi connectivity index (χ1) is 14.1. The van der Waals surface area contributed by atoms with Crippen LogP contribution in [-0.4, -0.2) is 35.1 Å². The quantitative estimate of drug-likeness (QED) is 0.575. The highest BCUT2D eigenvalue weighted by molar-refractivity contribution is 5.71. The van der Waals surface area contributed by atoms with E-state index >= 15 is 0 Å². The summed E-state index contributed by atoms with van der Waals surface area (Å²) in [5, 5.41) is 0. The molecular formula is C21H18F3N3O3. The minimum absolute atomic E-state index is 0.0517. The van der Waals surface area contributed by atoms with E-state index in [0.29, 0.717) is 11.3 Å². The molecular weight excluding hydrogens is 399 g/mol. The van der Waals surface area contributed by atoms with Gasteiger partial charge >= 0.3 is 12.3 Å². The maximum atomic E-state index is 13.0. The zero-order valence-electron chi connectivity index (χ0n) is 16.4. The first-order valence-corrected chi connectivity index (χ1v) is 8.83. The van der Waals surface area contributed by atoms with Crippen LogP contribution < -0.4 is 9.47 Å². The van der Waals surface area contributed by atoms with Crippen LogP contribution in [0.3, 0.4) is 0 Å². The molecule has 9 heteroatoms. The van der Waals surface area contributed by atoms with Crippen molar-refractivity contribution in [3.8, 4) is 28.8 Å². The molecule has 0 bridgehead atoms. The van der Waals surface area contributed by atoms with Crippen molar-refractivity contribution in [2.45, 2.75) is 13.1 Å². The van der Waals surface area contributed by atoms with E-state index < -0.39 is 17.8 Å². The first-order valence-electron chi connectivity index (χ1n) is 8.83. The molecule has 0 unspecified atom stereocenters. The summed E-state index contributed by atoms with van der Waals surface area (Å²) >= 11 is 0. The Hall–Kier alpha value is -3.62. The van der Waals surface area contributed by atoms with E-state index in [2.05, 4.69) is 9.97 Å². The molecule has 0 spiro atoms. The SMILES string of the molecule is Cc1nc(-c2ccccc2)nc(OC(=O)N(C)C)c1Oc1cccc(C(F)(F)F)c1. The molecule has 156 valence electrons. The van der Waals surface area contributed by atoms with Gasteiger partial charge in [-0.15, -0.1) is 0 Å². The Bertz CT molecular complexity index is 1050. The number of halogens is 3. The maximum absolute atomic E-state index is 13.0. The van der Waals surface area contributed by atoms with Crippen LogP contribution in [0, 0.1) is 6.92 Å². The third-order valence-corrected chi connectivity index (χ3v) is 3.97. The second kappa shape index (κ2) is 8.40. The van der Waals surface area contributed by atoms with Crippen LogP contribution in [-0.2, 0) is 6.18 Å². The number of aryl methyl sites for hydroxylation is 1. The van der Waals surface area contributed by atoms with Gasteiger partial charge in [-0.3, -0.25) is 0 Å². The molecule has 0 radical (unpaired) electrons. The van der Waals surface area contributed by atoms with E-state index in [1.165, 1.54) is 31.1 Å². The molecule has 1 aromatic heterocycles. The van der Waals surface area contributed by atoms with Gasteiger partial charge in [0.25, 0.3) is 5.88 Å². The monoisotopic (exact) mass is 417 g/mol. The molecule has 0 aliphatic carbocycles. The van der Waals surface area contributed by atoms with E-state index in [-0.39, 0.29) is 23.2 Å². The lowest BCUT2D eigenvalue weighted by atomic mass is 10.2. The number of carbonyl (C=O) groups excluding carboxylic acids is 1. The number of ether oxygens (including phenoxy) is 2. The summed E-state index contributed by atoms with van der Waals surface area (Å²) < 4.78 is 50.0. The predicted octanol–water partition coefficient (Wildman–Crippen LogP) is 5.32. The molecule has 3 rings (SSSR count). The molecule has 0 aliphatic rings. The fraction of sp³-hybridized carbons (Fsp3) is 0.190. The standard InChI is InChI=1S/C21H18F3N3O3/c1-13-17(29-16-11-7-10-15(12-16)21(22,23)24)19(30-20(28)27(2)3)26-18(25-13)14-8-5-4-6-9-14/h4-12H,1-3H3. The van der Waals surface area contributed by atoms with E-state index in [0.717, 1.165) is 12.1 Å². The molecule has 2 aromatic carbocycles. The van der Waals surface area contributed by atoms with Gasteiger partial charge in [0.1, 0.15) is 5.75 Å². The number of hydrogen-bond acceptors (Lipinski definition) is 5. The number of carbonyl (C=O) groups is 1. The number of aromatic nitrogens is 2. The van der Waals surface area contributed by atoms with Crippen molar-refractivity contribution in [3.63, 3.8) is 0 Å². The predicted molar refractivity (Wildman–Crippen MR) is 103 cm³/mol. The summed E-state index contributed by atoms with van der Waals surface area (Å²) in [5.41, 5.74) is 0.0995. The van der Waals surface area contributed by atoms with E-state index in [4.69, 9.17) is 9.47 Å². The average Bonchev–Trinajstić information content (AvgIpc) is 2.70. The Morgan fingerprint density at radius 1 is 1.00 bits per heavy atom. The van der Waals surface area contributed by atoms with Crippen LogP contribution >= 0.6 is 0 Å². The lowest BCUT2D eigenvalue weighted by Crippen LogP contribution is -2.26. The summed E-state index contributed by atoms with van der Waals surface area (Å²) in [4.78, 5) is 21.9. The zero-order valence-corrected chi connectivity index (χ0v) is 16.4. The Balaban J connectivity index is 2.05. The van der Waals surface area contributed by atoms with E-state index in [9.17, 15) is 18.0 Å². The van der Waals surface area contributed by atoms with Gasteiger partial charge in [0.15, 0.2) is 5.82 Å². The number of amides is 1. The van der Waals surface area contributed by atoms with Gasteiger partial charge in [0, 0.05) is 19.7 Å². The topological polar surface area (TPSA) is 64.6 Å². The minimum atomic E-state index is -4.53. The molecule has 3 aromatic rings. The van der Waals surface area contributed by atoms with Gasteiger partial charge in [-0.2, -0.15) is 18.2 Å². The Morgan fingerprint density at radius 3 is 2.33 bits per heavy atom. The van der Waals surface area contributed by atoms with Crippen molar-refractivity contribution in [3.05, 3.63) is 65.9 Å². The molecule has 6 nitrogen and oxygen atoms in total. The first kappa shape index (κ1) is 21.1. The Morgan fingerprint density at radius 2 is 1.70 bits per heavy atom. The summed E-state index contributed by atoms with van der Waals surface area (Å²) in [6.07, 6.45) is -5.25. The minimum Gasteiger partial charge on any atom is -0.450 e. The average molecular weight is 417 g/mol. The van der Waals surface area contributed by atoms with Crippen molar-refractivity contribution in [1.82, 2.24) is 14.9 Å². The smallest absolute Gasteiger partial charge is 0.416 e. The van der Waals surface area contributed by atoms with Gasteiger partial charge in [-0.05, 0) is 25.1 Å². The van der Waals surface area contributed by atoms with Crippen LogP contribution in [0.4, 0.5) is 18.0 Å². The van der Waals surface area contributed by atoms with Crippen LogP contribution in [0.25, 0.3) is 11.4 Å². The molecule has 0 fully saturated rings. The van der Waals surface area contributed by atoms with Crippen molar-refractivity contribution in [2.75, 3.05) is 14.1 Å². The van der Waals surface area contributed by atoms with Crippen molar-refractivity contribution in [2.24, 2.45) is 0 Å². The van der Waals surface area contributed by atoms with Gasteiger partial charge < -0.3 is 14.4 Å². The van der Waals surface area contributed by atoms with Crippen molar-refractivity contribution in [1.29, 1.82) is 0 Å². The van der Waals surface area contributed by atoms with Crippen LogP contribution in [0.1, 0.15) is 11.3 Å².